The second-order valence-corrected chi connectivity index (χ2v) is 12.9. The highest BCUT2D eigenvalue weighted by Crippen LogP contribution is 2.39. The summed E-state index contributed by atoms with van der Waals surface area (Å²) < 4.78 is 31.0. The Kier molecular flexibility index (Phi) is 12.2. The summed E-state index contributed by atoms with van der Waals surface area (Å²) in [6.45, 7) is 8.42. The molecular weight excluding hydrogens is 707 g/mol. The Morgan fingerprint density at radius 3 is 2.07 bits per heavy atom. The van der Waals surface area contributed by atoms with E-state index in [0.29, 0.717) is 80.2 Å². The minimum Gasteiger partial charge on any atom is -0.490 e. The highest BCUT2D eigenvalue weighted by atomic mass is 32.1. The lowest BCUT2D eigenvalue weighted by molar-refractivity contribution is -0.138. The van der Waals surface area contributed by atoms with Crippen molar-refractivity contribution in [1.29, 1.82) is 0 Å². The van der Waals surface area contributed by atoms with Crippen LogP contribution < -0.4 is 39.2 Å². The average Bonchev–Trinajstić information content (AvgIpc) is 3.49. The third-order valence-corrected chi connectivity index (χ3v) is 9.22. The van der Waals surface area contributed by atoms with Gasteiger partial charge in [-0.05, 0) is 81.3 Å². The number of carbonyl (C=O) groups is 2. The fourth-order valence-corrected chi connectivity index (χ4v) is 7.01. The molecule has 0 radical (unpaired) electrons. The van der Waals surface area contributed by atoms with Gasteiger partial charge in [-0.3, -0.25) is 14.2 Å². The smallest absolute Gasteiger partial charge is 0.338 e. The van der Waals surface area contributed by atoms with Crippen LogP contribution in [0.25, 0.3) is 11.8 Å². The number of para-hydroxylation sites is 1. The van der Waals surface area contributed by atoms with Gasteiger partial charge in [0.1, 0.15) is 0 Å². The Labute approximate surface area is 316 Å². The van der Waals surface area contributed by atoms with E-state index in [0.717, 1.165) is 0 Å². The fourth-order valence-electron chi connectivity index (χ4n) is 6.01. The van der Waals surface area contributed by atoms with Gasteiger partial charge in [0.15, 0.2) is 34.4 Å². The molecule has 2 heterocycles. The molecule has 1 atom stereocenters. The molecule has 0 saturated carbocycles. The summed E-state index contributed by atoms with van der Waals surface area (Å²) in [7, 11) is 0. The Balaban J connectivity index is 1.45. The number of nitrogens with zero attached hydrogens (tertiary/aromatic N) is 2. The van der Waals surface area contributed by atoms with Gasteiger partial charge < -0.3 is 29.0 Å². The first kappa shape index (κ1) is 37.6. The molecule has 12 heteroatoms. The molecule has 1 N–H and O–H groups in total. The number of fused-ring (bicyclic) bond motifs is 1. The number of rotatable bonds is 15. The number of nitrogens with one attached hydrogen (secondary N) is 1. The highest BCUT2D eigenvalue weighted by molar-refractivity contribution is 7.07. The van der Waals surface area contributed by atoms with E-state index in [1.54, 1.807) is 55.5 Å². The summed E-state index contributed by atoms with van der Waals surface area (Å²) in [5.41, 5.74) is 2.94. The first-order chi connectivity index (χ1) is 26.3. The van der Waals surface area contributed by atoms with Crippen molar-refractivity contribution >= 4 is 40.7 Å². The number of thiazole rings is 1. The average molecular weight is 748 g/mol. The Bertz CT molecular complexity index is 2330. The number of anilines is 1. The van der Waals surface area contributed by atoms with Crippen molar-refractivity contribution in [1.82, 2.24) is 4.57 Å². The monoisotopic (exact) mass is 747 g/mol. The van der Waals surface area contributed by atoms with E-state index in [-0.39, 0.29) is 30.3 Å². The SMILES string of the molecule is CCOC(=O)C1=C(c2ccccc2)N=c2s/c(=C/c3ccc(OCC(=O)Nc4ccccc4)c(OCC)c3)c(=O)n2C1c1ccc(OCC)c(OCC)c1. The molecule has 0 spiro atoms. The Morgan fingerprint density at radius 1 is 0.759 bits per heavy atom. The summed E-state index contributed by atoms with van der Waals surface area (Å²) in [5.74, 6) is 0.935. The van der Waals surface area contributed by atoms with Crippen LogP contribution in [0.15, 0.2) is 112 Å². The van der Waals surface area contributed by atoms with E-state index < -0.39 is 12.0 Å². The fraction of sp³-hybridized carbons (Fsp3) is 0.238. The van der Waals surface area contributed by atoms with E-state index >= 15 is 0 Å². The van der Waals surface area contributed by atoms with Crippen LogP contribution in [0.2, 0.25) is 0 Å². The molecule has 54 heavy (non-hydrogen) atoms. The van der Waals surface area contributed by atoms with Gasteiger partial charge in [-0.1, -0.05) is 72.0 Å². The van der Waals surface area contributed by atoms with E-state index in [1.165, 1.54) is 15.9 Å². The van der Waals surface area contributed by atoms with Gasteiger partial charge in [0.05, 0.1) is 48.3 Å². The second kappa shape index (κ2) is 17.6. The van der Waals surface area contributed by atoms with Crippen LogP contribution in [0.4, 0.5) is 5.69 Å². The van der Waals surface area contributed by atoms with Gasteiger partial charge in [-0.25, -0.2) is 9.79 Å². The van der Waals surface area contributed by atoms with E-state index in [4.69, 9.17) is 28.7 Å². The van der Waals surface area contributed by atoms with Crippen molar-refractivity contribution in [2.24, 2.45) is 4.99 Å². The van der Waals surface area contributed by atoms with Gasteiger partial charge in [0.2, 0.25) is 0 Å². The number of hydrogen-bond donors (Lipinski definition) is 1. The lowest BCUT2D eigenvalue weighted by Gasteiger charge is -2.26. The lowest BCUT2D eigenvalue weighted by Crippen LogP contribution is -2.40. The molecule has 1 aromatic heterocycles. The quantitative estimate of drug-likeness (QED) is 0.127. The third kappa shape index (κ3) is 8.39. The maximum absolute atomic E-state index is 14.5. The number of esters is 1. The summed E-state index contributed by atoms with van der Waals surface area (Å²) >= 11 is 1.21. The largest absolute Gasteiger partial charge is 0.490 e. The topological polar surface area (TPSA) is 127 Å². The normalized spacial score (nSPS) is 13.8. The van der Waals surface area contributed by atoms with Crippen molar-refractivity contribution in [2.45, 2.75) is 33.7 Å². The predicted molar refractivity (Wildman–Crippen MR) is 208 cm³/mol. The molecule has 1 aliphatic heterocycles. The van der Waals surface area contributed by atoms with Crippen LogP contribution in [-0.2, 0) is 14.3 Å². The van der Waals surface area contributed by atoms with Gasteiger partial charge >= 0.3 is 5.97 Å². The molecule has 0 saturated heterocycles. The molecule has 0 bridgehead atoms. The van der Waals surface area contributed by atoms with Crippen molar-refractivity contribution in [3.05, 3.63) is 139 Å². The Morgan fingerprint density at radius 2 is 1.39 bits per heavy atom. The lowest BCUT2D eigenvalue weighted by atomic mass is 9.93. The molecule has 1 amide bonds. The van der Waals surface area contributed by atoms with Crippen LogP contribution in [0, 0.1) is 0 Å². The van der Waals surface area contributed by atoms with Gasteiger partial charge in [0, 0.05) is 11.3 Å². The van der Waals surface area contributed by atoms with Gasteiger partial charge in [0.25, 0.3) is 11.5 Å². The molecule has 1 unspecified atom stereocenters. The molecule has 1 aliphatic rings. The summed E-state index contributed by atoms with van der Waals surface area (Å²) in [6, 6.07) is 28.2. The van der Waals surface area contributed by atoms with Crippen molar-refractivity contribution < 1.29 is 33.3 Å². The molecule has 5 aromatic rings. The first-order valence-electron chi connectivity index (χ1n) is 17.8. The molecule has 0 fully saturated rings. The van der Waals surface area contributed by atoms with Crippen molar-refractivity contribution in [2.75, 3.05) is 38.4 Å². The van der Waals surface area contributed by atoms with E-state index in [1.807, 2.05) is 75.4 Å². The number of hydrogen-bond acceptors (Lipinski definition) is 10. The molecule has 6 rings (SSSR count). The zero-order chi connectivity index (χ0) is 38.0. The first-order valence-corrected chi connectivity index (χ1v) is 18.6. The number of aromatic nitrogens is 1. The van der Waals surface area contributed by atoms with E-state index in [9.17, 15) is 14.4 Å². The van der Waals surface area contributed by atoms with Crippen LogP contribution >= 0.6 is 11.3 Å². The van der Waals surface area contributed by atoms with Crippen LogP contribution in [0.5, 0.6) is 23.0 Å². The number of amides is 1. The number of carbonyl (C=O) groups excluding carboxylic acids is 2. The zero-order valence-electron chi connectivity index (χ0n) is 30.5. The van der Waals surface area contributed by atoms with Crippen molar-refractivity contribution in [3.8, 4) is 23.0 Å². The van der Waals surface area contributed by atoms with Crippen molar-refractivity contribution in [3.63, 3.8) is 0 Å². The molecule has 4 aromatic carbocycles. The van der Waals surface area contributed by atoms with Crippen LogP contribution in [0.3, 0.4) is 0 Å². The van der Waals surface area contributed by atoms with Crippen LogP contribution in [0.1, 0.15) is 50.4 Å². The third-order valence-electron chi connectivity index (χ3n) is 8.24. The Hall–Kier alpha value is -6.14. The standard InChI is InChI=1S/C42H41N3O8S/c1-5-49-31-22-20-29(25-34(31)51-7-3)39-37(41(48)52-8-4)38(28-15-11-9-12-16-28)44-42-45(39)40(47)35(54-42)24-27-19-21-32(33(23-27)50-6-2)53-26-36(46)43-30-17-13-10-14-18-30/h9-25,39H,5-8,26H2,1-4H3,(H,43,46)/b35-24+. The van der Waals surface area contributed by atoms with Gasteiger partial charge in [-0.15, -0.1) is 0 Å². The second-order valence-electron chi connectivity index (χ2n) is 11.8. The molecular formula is C42H41N3O8S. The summed E-state index contributed by atoms with van der Waals surface area (Å²) in [5, 5.41) is 2.80. The van der Waals surface area contributed by atoms with Gasteiger partial charge in [-0.2, -0.15) is 0 Å². The van der Waals surface area contributed by atoms with E-state index in [2.05, 4.69) is 5.32 Å². The minimum atomic E-state index is -0.899. The zero-order valence-corrected chi connectivity index (χ0v) is 31.3. The summed E-state index contributed by atoms with van der Waals surface area (Å²) in [6.07, 6.45) is 1.75. The number of benzene rings is 4. The highest BCUT2D eigenvalue weighted by Gasteiger charge is 2.35. The number of ether oxygens (including phenoxy) is 5. The van der Waals surface area contributed by atoms with Crippen LogP contribution in [-0.4, -0.2) is 49.5 Å². The maximum Gasteiger partial charge on any atom is 0.338 e. The maximum atomic E-state index is 14.5. The molecule has 11 nitrogen and oxygen atoms in total. The molecule has 278 valence electrons. The minimum absolute atomic E-state index is 0.134. The predicted octanol–water partition coefficient (Wildman–Crippen LogP) is 6.15. The molecule has 0 aliphatic carbocycles. The summed E-state index contributed by atoms with van der Waals surface area (Å²) in [4.78, 5) is 46.3.